The molecule has 0 saturated heterocycles. The molecule has 24 heavy (non-hydrogen) atoms. The first-order valence-electron chi connectivity index (χ1n) is 8.14. The Balaban J connectivity index is 1.71. The third-order valence-electron chi connectivity index (χ3n) is 3.87. The van der Waals surface area contributed by atoms with Crippen molar-refractivity contribution < 1.29 is 14.3 Å². The molecule has 1 aliphatic rings. The van der Waals surface area contributed by atoms with Gasteiger partial charge in [-0.05, 0) is 31.5 Å². The van der Waals surface area contributed by atoms with E-state index < -0.39 is 0 Å². The number of carbonyl (C=O) groups is 1. The highest BCUT2D eigenvalue weighted by Gasteiger charge is 2.19. The molecule has 0 unspecified atom stereocenters. The molecule has 5 heteroatoms. The number of hydrogen-bond donors (Lipinski definition) is 1. The summed E-state index contributed by atoms with van der Waals surface area (Å²) < 4.78 is 11.1. The van der Waals surface area contributed by atoms with Crippen LogP contribution in [0.15, 0.2) is 48.5 Å². The number of ether oxygens (including phenoxy) is 2. The van der Waals surface area contributed by atoms with E-state index in [1.165, 1.54) is 0 Å². The first-order chi connectivity index (χ1) is 11.6. The van der Waals surface area contributed by atoms with Crippen molar-refractivity contribution in [3.05, 3.63) is 54.1 Å². The monoisotopic (exact) mass is 326 g/mol. The van der Waals surface area contributed by atoms with Gasteiger partial charge >= 0.3 is 6.03 Å². The third-order valence-corrected chi connectivity index (χ3v) is 3.87. The van der Waals surface area contributed by atoms with Crippen molar-refractivity contribution in [1.82, 2.24) is 4.90 Å². The maximum Gasteiger partial charge on any atom is 0.322 e. The van der Waals surface area contributed by atoms with Crippen molar-refractivity contribution in [2.75, 3.05) is 18.5 Å². The van der Waals surface area contributed by atoms with E-state index in [9.17, 15) is 4.79 Å². The van der Waals surface area contributed by atoms with E-state index in [0.29, 0.717) is 36.9 Å². The summed E-state index contributed by atoms with van der Waals surface area (Å²) in [5.41, 5.74) is 1.80. The van der Waals surface area contributed by atoms with Crippen molar-refractivity contribution >= 4 is 11.7 Å². The Hall–Kier alpha value is -2.69. The first-order valence-corrected chi connectivity index (χ1v) is 8.14. The minimum atomic E-state index is -0.134. The van der Waals surface area contributed by atoms with Gasteiger partial charge in [-0.2, -0.15) is 0 Å². The third kappa shape index (κ3) is 3.79. The summed E-state index contributed by atoms with van der Waals surface area (Å²) in [4.78, 5) is 14.5. The minimum Gasteiger partial charge on any atom is -0.486 e. The van der Waals surface area contributed by atoms with Gasteiger partial charge in [0.1, 0.15) is 13.2 Å². The van der Waals surface area contributed by atoms with Crippen LogP contribution in [0.2, 0.25) is 0 Å². The van der Waals surface area contributed by atoms with Crippen LogP contribution in [0.25, 0.3) is 0 Å². The van der Waals surface area contributed by atoms with Crippen molar-refractivity contribution in [1.29, 1.82) is 0 Å². The zero-order chi connectivity index (χ0) is 16.9. The van der Waals surface area contributed by atoms with Gasteiger partial charge in [0.2, 0.25) is 0 Å². The maximum atomic E-state index is 12.7. The van der Waals surface area contributed by atoms with Gasteiger partial charge in [-0.3, -0.25) is 0 Å². The summed E-state index contributed by atoms with van der Waals surface area (Å²) in [6.07, 6.45) is 0. The largest absolute Gasteiger partial charge is 0.486 e. The quantitative estimate of drug-likeness (QED) is 0.927. The standard InChI is InChI=1S/C19H22N2O3/c1-14(2)21(13-15-6-4-3-5-7-15)19(22)20-16-8-9-17-18(12-16)24-11-10-23-17/h3-9,12,14H,10-11,13H2,1-2H3,(H,20,22). The molecule has 1 N–H and O–H groups in total. The molecule has 2 aromatic rings. The fourth-order valence-corrected chi connectivity index (χ4v) is 2.59. The fraction of sp³-hybridized carbons (Fsp3) is 0.316. The van der Waals surface area contributed by atoms with Gasteiger partial charge < -0.3 is 19.7 Å². The lowest BCUT2D eigenvalue weighted by atomic mass is 10.2. The van der Waals surface area contributed by atoms with Crippen LogP contribution in [0.5, 0.6) is 11.5 Å². The number of carbonyl (C=O) groups excluding carboxylic acids is 1. The van der Waals surface area contributed by atoms with Gasteiger partial charge in [-0.25, -0.2) is 4.79 Å². The summed E-state index contributed by atoms with van der Waals surface area (Å²) >= 11 is 0. The predicted molar refractivity (Wildman–Crippen MR) is 93.6 cm³/mol. The molecule has 0 atom stereocenters. The van der Waals surface area contributed by atoms with Crippen molar-refractivity contribution in [2.45, 2.75) is 26.4 Å². The van der Waals surface area contributed by atoms with Crippen molar-refractivity contribution in [3.8, 4) is 11.5 Å². The topological polar surface area (TPSA) is 50.8 Å². The number of rotatable bonds is 4. The van der Waals surface area contributed by atoms with Crippen molar-refractivity contribution in [2.24, 2.45) is 0 Å². The van der Waals surface area contributed by atoms with Crippen LogP contribution in [-0.4, -0.2) is 30.2 Å². The van der Waals surface area contributed by atoms with Crippen LogP contribution in [0.3, 0.4) is 0 Å². The van der Waals surface area contributed by atoms with Gasteiger partial charge in [0.15, 0.2) is 11.5 Å². The smallest absolute Gasteiger partial charge is 0.322 e. The molecule has 0 bridgehead atoms. The Labute approximate surface area is 142 Å². The van der Waals surface area contributed by atoms with E-state index in [-0.39, 0.29) is 12.1 Å². The summed E-state index contributed by atoms with van der Waals surface area (Å²) in [7, 11) is 0. The molecule has 2 aromatic carbocycles. The van der Waals surface area contributed by atoms with Crippen LogP contribution in [-0.2, 0) is 6.54 Å². The zero-order valence-corrected chi connectivity index (χ0v) is 14.0. The second kappa shape index (κ2) is 7.25. The molecule has 126 valence electrons. The van der Waals surface area contributed by atoms with Crippen LogP contribution in [0.1, 0.15) is 19.4 Å². The second-order valence-corrected chi connectivity index (χ2v) is 6.00. The minimum absolute atomic E-state index is 0.0856. The van der Waals surface area contributed by atoms with Gasteiger partial charge in [-0.1, -0.05) is 30.3 Å². The molecule has 1 heterocycles. The van der Waals surface area contributed by atoms with Gasteiger partial charge in [-0.15, -0.1) is 0 Å². The second-order valence-electron chi connectivity index (χ2n) is 6.00. The number of hydrogen-bond acceptors (Lipinski definition) is 3. The first kappa shape index (κ1) is 16.2. The molecule has 0 aromatic heterocycles. The molecule has 0 fully saturated rings. The number of fused-ring (bicyclic) bond motifs is 1. The molecule has 0 spiro atoms. The highest BCUT2D eigenvalue weighted by Crippen LogP contribution is 2.32. The van der Waals surface area contributed by atoms with E-state index in [1.807, 2.05) is 56.3 Å². The van der Waals surface area contributed by atoms with Crippen LogP contribution in [0.4, 0.5) is 10.5 Å². The number of anilines is 1. The summed E-state index contributed by atoms with van der Waals surface area (Å²) in [6.45, 7) is 5.65. The summed E-state index contributed by atoms with van der Waals surface area (Å²) in [6, 6.07) is 15.4. The van der Waals surface area contributed by atoms with E-state index in [1.54, 1.807) is 11.0 Å². The lowest BCUT2D eigenvalue weighted by molar-refractivity contribution is 0.171. The number of amides is 2. The Morgan fingerprint density at radius 3 is 2.50 bits per heavy atom. The molecule has 2 amide bonds. The van der Waals surface area contributed by atoms with Crippen LogP contribution >= 0.6 is 0 Å². The van der Waals surface area contributed by atoms with Crippen LogP contribution < -0.4 is 14.8 Å². The SMILES string of the molecule is CC(C)N(Cc1ccccc1)C(=O)Nc1ccc2c(c1)OCCO2. The van der Waals surface area contributed by atoms with Crippen molar-refractivity contribution in [3.63, 3.8) is 0 Å². The van der Waals surface area contributed by atoms with E-state index >= 15 is 0 Å². The molecule has 0 radical (unpaired) electrons. The predicted octanol–water partition coefficient (Wildman–Crippen LogP) is 3.90. The summed E-state index contributed by atoms with van der Waals surface area (Å²) in [5, 5.41) is 2.95. The van der Waals surface area contributed by atoms with E-state index in [4.69, 9.17) is 9.47 Å². The van der Waals surface area contributed by atoms with E-state index in [2.05, 4.69) is 5.32 Å². The molecule has 1 aliphatic heterocycles. The molecular weight excluding hydrogens is 304 g/mol. The van der Waals surface area contributed by atoms with Crippen LogP contribution in [0, 0.1) is 0 Å². The number of benzene rings is 2. The van der Waals surface area contributed by atoms with E-state index in [0.717, 1.165) is 5.56 Å². The number of urea groups is 1. The Morgan fingerprint density at radius 1 is 1.08 bits per heavy atom. The Kier molecular flexibility index (Phi) is 4.89. The highest BCUT2D eigenvalue weighted by molar-refractivity contribution is 5.90. The molecular formula is C19H22N2O3. The number of nitrogens with zero attached hydrogens (tertiary/aromatic N) is 1. The average molecular weight is 326 g/mol. The lowest BCUT2D eigenvalue weighted by Crippen LogP contribution is -2.39. The number of nitrogens with one attached hydrogen (secondary N) is 1. The van der Waals surface area contributed by atoms with Gasteiger partial charge in [0.05, 0.1) is 0 Å². The molecule has 3 rings (SSSR count). The van der Waals surface area contributed by atoms with Gasteiger partial charge in [0.25, 0.3) is 0 Å². The molecule has 0 aliphatic carbocycles. The Morgan fingerprint density at radius 2 is 1.79 bits per heavy atom. The normalized spacial score (nSPS) is 12.8. The molecule has 5 nitrogen and oxygen atoms in total. The average Bonchev–Trinajstić information content (AvgIpc) is 2.60. The molecule has 0 saturated carbocycles. The lowest BCUT2D eigenvalue weighted by Gasteiger charge is -2.27. The zero-order valence-electron chi connectivity index (χ0n) is 14.0. The maximum absolute atomic E-state index is 12.7. The van der Waals surface area contributed by atoms with Gasteiger partial charge in [0, 0.05) is 24.3 Å². The highest BCUT2D eigenvalue weighted by atomic mass is 16.6. The Bertz CT molecular complexity index is 701. The fourth-order valence-electron chi connectivity index (χ4n) is 2.59. The summed E-state index contributed by atoms with van der Waals surface area (Å²) in [5.74, 6) is 1.38.